The summed E-state index contributed by atoms with van der Waals surface area (Å²) in [5.41, 5.74) is 2.51. The SMILES string of the molecule is CSc1ccccc1NCc1ccc2ccccc2c1. The Bertz CT molecular complexity index is 721. The minimum absolute atomic E-state index is 0.850. The highest BCUT2D eigenvalue weighted by Crippen LogP contribution is 2.25. The first-order valence-electron chi connectivity index (χ1n) is 6.71. The zero-order valence-electron chi connectivity index (χ0n) is 11.5. The van der Waals surface area contributed by atoms with Gasteiger partial charge in [0.25, 0.3) is 0 Å². The van der Waals surface area contributed by atoms with Crippen LogP contribution in [0.3, 0.4) is 0 Å². The molecule has 0 unspecified atom stereocenters. The summed E-state index contributed by atoms with van der Waals surface area (Å²) < 4.78 is 0. The minimum Gasteiger partial charge on any atom is -0.380 e. The van der Waals surface area contributed by atoms with Crippen molar-refractivity contribution in [2.75, 3.05) is 11.6 Å². The Balaban J connectivity index is 1.79. The second kappa shape index (κ2) is 6.02. The lowest BCUT2D eigenvalue weighted by atomic mass is 10.1. The average Bonchev–Trinajstić information content (AvgIpc) is 2.53. The van der Waals surface area contributed by atoms with E-state index in [-0.39, 0.29) is 0 Å². The van der Waals surface area contributed by atoms with Crippen molar-refractivity contribution >= 4 is 28.2 Å². The van der Waals surface area contributed by atoms with Gasteiger partial charge < -0.3 is 5.32 Å². The first-order valence-corrected chi connectivity index (χ1v) is 7.94. The van der Waals surface area contributed by atoms with Crippen LogP contribution in [-0.2, 0) is 6.54 Å². The third-order valence-corrected chi connectivity index (χ3v) is 4.20. The van der Waals surface area contributed by atoms with Gasteiger partial charge in [-0.15, -0.1) is 11.8 Å². The van der Waals surface area contributed by atoms with Crippen LogP contribution in [0.15, 0.2) is 71.6 Å². The topological polar surface area (TPSA) is 12.0 Å². The number of hydrogen-bond donors (Lipinski definition) is 1. The molecule has 0 aliphatic heterocycles. The molecule has 3 aromatic rings. The third kappa shape index (κ3) is 2.81. The molecule has 0 saturated heterocycles. The van der Waals surface area contributed by atoms with E-state index in [1.165, 1.54) is 26.9 Å². The largest absolute Gasteiger partial charge is 0.380 e. The number of anilines is 1. The van der Waals surface area contributed by atoms with Crippen molar-refractivity contribution in [1.29, 1.82) is 0 Å². The predicted molar refractivity (Wildman–Crippen MR) is 89.5 cm³/mol. The lowest BCUT2D eigenvalue weighted by Gasteiger charge is -2.11. The van der Waals surface area contributed by atoms with Crippen molar-refractivity contribution in [2.45, 2.75) is 11.4 Å². The standard InChI is InChI=1S/C18H17NS/c1-20-18-9-5-4-8-17(18)19-13-14-10-11-15-6-2-3-7-16(15)12-14/h2-12,19H,13H2,1H3. The van der Waals surface area contributed by atoms with E-state index in [1.807, 2.05) is 0 Å². The number of thioether (sulfide) groups is 1. The monoisotopic (exact) mass is 279 g/mol. The van der Waals surface area contributed by atoms with E-state index in [9.17, 15) is 0 Å². The van der Waals surface area contributed by atoms with E-state index in [1.54, 1.807) is 11.8 Å². The first-order chi connectivity index (χ1) is 9.86. The Morgan fingerprint density at radius 1 is 0.850 bits per heavy atom. The quantitative estimate of drug-likeness (QED) is 0.661. The summed E-state index contributed by atoms with van der Waals surface area (Å²) in [6, 6.07) is 23.5. The van der Waals surface area contributed by atoms with E-state index < -0.39 is 0 Å². The van der Waals surface area contributed by atoms with Gasteiger partial charge in [-0.1, -0.05) is 48.5 Å². The molecule has 20 heavy (non-hydrogen) atoms. The highest BCUT2D eigenvalue weighted by Gasteiger charge is 2.00. The molecule has 0 atom stereocenters. The Labute approximate surface area is 124 Å². The van der Waals surface area contributed by atoms with Gasteiger partial charge in [-0.2, -0.15) is 0 Å². The van der Waals surface area contributed by atoms with Gasteiger partial charge in [-0.25, -0.2) is 0 Å². The van der Waals surface area contributed by atoms with Gasteiger partial charge in [-0.05, 0) is 40.8 Å². The number of para-hydroxylation sites is 1. The van der Waals surface area contributed by atoms with E-state index in [4.69, 9.17) is 0 Å². The fourth-order valence-electron chi connectivity index (χ4n) is 2.34. The Kier molecular flexibility index (Phi) is 3.93. The van der Waals surface area contributed by atoms with Crippen LogP contribution in [0.25, 0.3) is 10.8 Å². The third-order valence-electron chi connectivity index (χ3n) is 3.40. The maximum absolute atomic E-state index is 3.52. The summed E-state index contributed by atoms with van der Waals surface area (Å²) >= 11 is 1.77. The van der Waals surface area contributed by atoms with Gasteiger partial charge in [0.05, 0.1) is 0 Å². The van der Waals surface area contributed by atoms with E-state index in [0.717, 1.165) is 6.54 Å². The van der Waals surface area contributed by atoms with E-state index in [2.05, 4.69) is 78.3 Å². The van der Waals surface area contributed by atoms with Crippen molar-refractivity contribution in [2.24, 2.45) is 0 Å². The van der Waals surface area contributed by atoms with Crippen molar-refractivity contribution in [3.05, 3.63) is 72.3 Å². The molecule has 100 valence electrons. The summed E-state index contributed by atoms with van der Waals surface area (Å²) in [5, 5.41) is 6.11. The van der Waals surface area contributed by atoms with Gasteiger partial charge in [0.2, 0.25) is 0 Å². The smallest absolute Gasteiger partial charge is 0.0480 e. The maximum Gasteiger partial charge on any atom is 0.0480 e. The zero-order valence-corrected chi connectivity index (χ0v) is 12.3. The number of benzene rings is 3. The zero-order chi connectivity index (χ0) is 13.8. The molecule has 1 nitrogen and oxygen atoms in total. The minimum atomic E-state index is 0.850. The Morgan fingerprint density at radius 2 is 1.60 bits per heavy atom. The molecular weight excluding hydrogens is 262 g/mol. The molecule has 0 radical (unpaired) electrons. The molecule has 2 heteroatoms. The number of hydrogen-bond acceptors (Lipinski definition) is 2. The molecule has 3 rings (SSSR count). The molecule has 0 aromatic heterocycles. The molecule has 0 heterocycles. The van der Waals surface area contributed by atoms with Crippen molar-refractivity contribution < 1.29 is 0 Å². The fourth-order valence-corrected chi connectivity index (χ4v) is 2.91. The molecular formula is C18H17NS. The fraction of sp³-hybridized carbons (Fsp3) is 0.111. The molecule has 0 aliphatic carbocycles. The van der Waals surface area contributed by atoms with Crippen molar-refractivity contribution in [1.82, 2.24) is 0 Å². The molecule has 0 fully saturated rings. The van der Waals surface area contributed by atoms with Crippen molar-refractivity contribution in [3.8, 4) is 0 Å². The normalized spacial score (nSPS) is 10.7. The number of fused-ring (bicyclic) bond motifs is 1. The number of rotatable bonds is 4. The van der Waals surface area contributed by atoms with Crippen LogP contribution in [0.2, 0.25) is 0 Å². The van der Waals surface area contributed by atoms with Crippen LogP contribution in [0, 0.1) is 0 Å². The van der Waals surface area contributed by atoms with Crippen LogP contribution < -0.4 is 5.32 Å². The van der Waals surface area contributed by atoms with Crippen molar-refractivity contribution in [3.63, 3.8) is 0 Å². The second-order valence-electron chi connectivity index (χ2n) is 4.74. The Morgan fingerprint density at radius 3 is 2.45 bits per heavy atom. The maximum atomic E-state index is 3.52. The van der Waals surface area contributed by atoms with Gasteiger partial charge in [0.15, 0.2) is 0 Å². The second-order valence-corrected chi connectivity index (χ2v) is 5.58. The molecule has 0 aliphatic rings. The van der Waals surface area contributed by atoms with Crippen LogP contribution >= 0.6 is 11.8 Å². The number of nitrogens with one attached hydrogen (secondary N) is 1. The Hall–Kier alpha value is -1.93. The summed E-state index contributed by atoms with van der Waals surface area (Å²) in [5.74, 6) is 0. The molecule has 0 bridgehead atoms. The molecule has 3 aromatic carbocycles. The lowest BCUT2D eigenvalue weighted by molar-refractivity contribution is 1.14. The highest BCUT2D eigenvalue weighted by molar-refractivity contribution is 7.98. The van der Waals surface area contributed by atoms with Crippen LogP contribution in [0.1, 0.15) is 5.56 Å². The van der Waals surface area contributed by atoms with E-state index >= 15 is 0 Å². The lowest BCUT2D eigenvalue weighted by Crippen LogP contribution is -2.00. The summed E-state index contributed by atoms with van der Waals surface area (Å²) in [4.78, 5) is 1.29. The van der Waals surface area contributed by atoms with E-state index in [0.29, 0.717) is 0 Å². The van der Waals surface area contributed by atoms with Crippen LogP contribution in [-0.4, -0.2) is 6.26 Å². The van der Waals surface area contributed by atoms with Gasteiger partial charge >= 0.3 is 0 Å². The van der Waals surface area contributed by atoms with Gasteiger partial charge in [0, 0.05) is 17.1 Å². The van der Waals surface area contributed by atoms with Gasteiger partial charge in [-0.3, -0.25) is 0 Å². The average molecular weight is 279 g/mol. The summed E-state index contributed by atoms with van der Waals surface area (Å²) in [6.45, 7) is 0.850. The summed E-state index contributed by atoms with van der Waals surface area (Å²) in [6.07, 6.45) is 2.11. The molecule has 1 N–H and O–H groups in total. The molecule has 0 spiro atoms. The molecule has 0 saturated carbocycles. The first kappa shape index (κ1) is 13.1. The summed E-state index contributed by atoms with van der Waals surface area (Å²) in [7, 11) is 0. The van der Waals surface area contributed by atoms with Gasteiger partial charge in [0.1, 0.15) is 0 Å². The molecule has 0 amide bonds. The highest BCUT2D eigenvalue weighted by atomic mass is 32.2. The van der Waals surface area contributed by atoms with Crippen LogP contribution in [0.5, 0.6) is 0 Å². The predicted octanol–water partition coefficient (Wildman–Crippen LogP) is 5.17. The van der Waals surface area contributed by atoms with Crippen LogP contribution in [0.4, 0.5) is 5.69 Å².